The first-order valence-electron chi connectivity index (χ1n) is 16.6. The summed E-state index contributed by atoms with van der Waals surface area (Å²) in [7, 11) is -1.27. The number of hydrogen-bond donors (Lipinski definition) is 0. The van der Waals surface area contributed by atoms with Crippen molar-refractivity contribution in [2.24, 2.45) is 0 Å². The molecule has 1 atom stereocenters. The van der Waals surface area contributed by atoms with Gasteiger partial charge in [-0.1, -0.05) is 79.5 Å². The molecule has 8 heteroatoms. The fraction of sp³-hybridized carbons (Fsp3) is 0.190. The summed E-state index contributed by atoms with van der Waals surface area (Å²) in [6.45, 7) is 13.1. The molecule has 50 heavy (non-hydrogen) atoms. The van der Waals surface area contributed by atoms with Crippen molar-refractivity contribution in [2.45, 2.75) is 52.5 Å². The zero-order valence-corrected chi connectivity index (χ0v) is 32.9. The fourth-order valence-corrected chi connectivity index (χ4v) is 8.89. The van der Waals surface area contributed by atoms with E-state index in [1.165, 1.54) is 34.2 Å². The van der Waals surface area contributed by atoms with Crippen LogP contribution in [0, 0.1) is 26.0 Å². The fourth-order valence-electron chi connectivity index (χ4n) is 5.99. The summed E-state index contributed by atoms with van der Waals surface area (Å²) < 4.78 is 50.4. The first-order chi connectivity index (χ1) is 23.6. The van der Waals surface area contributed by atoms with Crippen molar-refractivity contribution in [3.8, 4) is 22.5 Å². The molecule has 3 heterocycles. The first-order valence-corrected chi connectivity index (χ1v) is 20.4. The van der Waals surface area contributed by atoms with Crippen molar-refractivity contribution in [3.05, 3.63) is 149 Å². The van der Waals surface area contributed by atoms with Crippen molar-refractivity contribution in [3.63, 3.8) is 0 Å². The minimum atomic E-state index is -4.39. The van der Waals surface area contributed by atoms with Crippen LogP contribution in [0.3, 0.4) is 0 Å². The molecule has 2 nitrogen and oxygen atoms in total. The predicted octanol–water partition coefficient (Wildman–Crippen LogP) is 11.8. The molecule has 3 aromatic heterocycles. The van der Waals surface area contributed by atoms with E-state index in [2.05, 4.69) is 67.0 Å². The van der Waals surface area contributed by atoms with Crippen LogP contribution in [0.1, 0.15) is 42.0 Å². The van der Waals surface area contributed by atoms with Crippen LogP contribution in [0.2, 0.25) is 19.6 Å². The summed E-state index contributed by atoms with van der Waals surface area (Å²) in [6, 6.07) is 35.6. The summed E-state index contributed by atoms with van der Waals surface area (Å²) in [4.78, 5) is 9.10. The molecule has 7 rings (SSSR count). The average Bonchev–Trinajstić information content (AvgIpc) is 3.46. The van der Waals surface area contributed by atoms with Gasteiger partial charge in [-0.05, 0) is 75.9 Å². The molecular formula is C42H37F3IrN2SSi-2. The summed E-state index contributed by atoms with van der Waals surface area (Å²) in [6.07, 6.45) is -0.664. The maximum absolute atomic E-state index is 13.3. The van der Waals surface area contributed by atoms with E-state index >= 15 is 0 Å². The first kappa shape index (κ1) is 35.9. The van der Waals surface area contributed by atoms with Crippen LogP contribution in [0.4, 0.5) is 13.2 Å². The molecule has 0 N–H and O–H groups in total. The van der Waals surface area contributed by atoms with Gasteiger partial charge < -0.3 is 9.97 Å². The number of rotatable bonds is 5. The van der Waals surface area contributed by atoms with E-state index in [1.54, 1.807) is 18.3 Å². The van der Waals surface area contributed by atoms with E-state index in [0.29, 0.717) is 11.1 Å². The monoisotopic (exact) mass is 880 g/mol. The molecule has 257 valence electrons. The number of alkyl halides is 3. The summed E-state index contributed by atoms with van der Waals surface area (Å²) in [5.41, 5.74) is 6.90. The number of aryl methyl sites for hydroxylation is 2. The summed E-state index contributed by atoms with van der Waals surface area (Å²) in [5, 5.41) is 2.76. The van der Waals surface area contributed by atoms with Gasteiger partial charge in [0.1, 0.15) is 0 Å². The molecular weight excluding hydrogens is 842 g/mol. The SMILES string of the molecule is Cc1cc(-c2[c-]cccc2)ncc1[Si](C)(C)C.[2H]C(C)(c1cccc(C)c1)c1ccnc(-c2[c-]ccc3c2sc2ccc(C(F)(F)F)cc23)c1.[Ir]. The third-order valence-electron chi connectivity index (χ3n) is 8.56. The Morgan fingerprint density at radius 3 is 2.26 bits per heavy atom. The Morgan fingerprint density at radius 2 is 1.58 bits per heavy atom. The second-order valence-electron chi connectivity index (χ2n) is 13.2. The van der Waals surface area contributed by atoms with Gasteiger partial charge in [-0.3, -0.25) is 0 Å². The van der Waals surface area contributed by atoms with Crippen LogP contribution in [-0.4, -0.2) is 18.0 Å². The number of aromatic nitrogens is 2. The van der Waals surface area contributed by atoms with Crippen LogP contribution < -0.4 is 5.19 Å². The maximum Gasteiger partial charge on any atom is 0.416 e. The zero-order chi connectivity index (χ0) is 35.8. The molecule has 0 saturated carbocycles. The average molecular weight is 880 g/mol. The van der Waals surface area contributed by atoms with Crippen LogP contribution in [0.25, 0.3) is 42.7 Å². The molecule has 0 bridgehead atoms. The van der Waals surface area contributed by atoms with Gasteiger partial charge in [0, 0.05) is 44.5 Å². The third kappa shape index (κ3) is 8.16. The smallest absolute Gasteiger partial charge is 0.305 e. The molecule has 0 aliphatic rings. The van der Waals surface area contributed by atoms with Crippen LogP contribution in [-0.2, 0) is 26.3 Å². The molecule has 0 aliphatic heterocycles. The van der Waals surface area contributed by atoms with Crippen molar-refractivity contribution < 1.29 is 34.6 Å². The van der Waals surface area contributed by atoms with E-state index in [0.717, 1.165) is 54.4 Å². The van der Waals surface area contributed by atoms with Crippen molar-refractivity contribution >= 4 is 44.8 Å². The van der Waals surface area contributed by atoms with Gasteiger partial charge in [0.15, 0.2) is 0 Å². The Morgan fingerprint density at radius 1 is 0.800 bits per heavy atom. The number of thiophene rings is 1. The maximum atomic E-state index is 13.3. The number of nitrogens with zero attached hydrogens (tertiary/aromatic N) is 2. The van der Waals surface area contributed by atoms with Crippen molar-refractivity contribution in [1.82, 2.24) is 9.97 Å². The topological polar surface area (TPSA) is 25.8 Å². The van der Waals surface area contributed by atoms with Crippen molar-refractivity contribution in [1.29, 1.82) is 0 Å². The van der Waals surface area contributed by atoms with Crippen LogP contribution >= 0.6 is 11.3 Å². The number of halogens is 3. The molecule has 4 aromatic carbocycles. The predicted molar refractivity (Wildman–Crippen MR) is 201 cm³/mol. The molecule has 7 aromatic rings. The molecule has 0 aliphatic carbocycles. The van der Waals surface area contributed by atoms with Gasteiger partial charge in [0.25, 0.3) is 0 Å². The van der Waals surface area contributed by atoms with Gasteiger partial charge in [-0.25, -0.2) is 0 Å². The quantitative estimate of drug-likeness (QED) is 0.127. The van der Waals surface area contributed by atoms with Gasteiger partial charge in [0.05, 0.1) is 13.6 Å². The van der Waals surface area contributed by atoms with Gasteiger partial charge in [-0.15, -0.1) is 59.7 Å². The Bertz CT molecular complexity index is 2310. The molecule has 1 unspecified atom stereocenters. The third-order valence-corrected chi connectivity index (χ3v) is 11.9. The molecule has 0 amide bonds. The summed E-state index contributed by atoms with van der Waals surface area (Å²) >= 11 is 1.43. The minimum Gasteiger partial charge on any atom is -0.305 e. The van der Waals surface area contributed by atoms with Crippen LogP contribution in [0.15, 0.2) is 109 Å². The van der Waals surface area contributed by atoms with Gasteiger partial charge >= 0.3 is 6.18 Å². The van der Waals surface area contributed by atoms with E-state index in [-0.39, 0.29) is 20.1 Å². The Labute approximate surface area is 312 Å². The molecule has 1 radical (unpaired) electrons. The number of fused-ring (bicyclic) bond motifs is 3. The van der Waals surface area contributed by atoms with Crippen LogP contribution in [0.5, 0.6) is 0 Å². The van der Waals surface area contributed by atoms with E-state index in [9.17, 15) is 13.2 Å². The number of hydrogen-bond acceptors (Lipinski definition) is 3. The summed E-state index contributed by atoms with van der Waals surface area (Å²) in [5.74, 6) is -0.987. The van der Waals surface area contributed by atoms with E-state index < -0.39 is 25.7 Å². The van der Waals surface area contributed by atoms with Gasteiger partial charge in [0.2, 0.25) is 0 Å². The molecule has 0 spiro atoms. The molecule has 0 fully saturated rings. The Hall–Kier alpha value is -3.94. The Balaban J connectivity index is 0.000000237. The zero-order valence-electron chi connectivity index (χ0n) is 29.7. The number of benzene rings is 4. The standard InChI is InChI=1S/C27H19F3NS.C15H18NSi.Ir/c1-16-5-3-6-18(13-16)17(2)19-11-12-31-24(14-19)22-8-4-7-21-23-15-20(27(28,29)30)9-10-25(23)32-26(21)22;1-12-10-14(13-8-6-5-7-9-13)16-11-15(12)17(2,3)4;/h3-7,9-15,17H,1-2H3;5-8,10-11H,1-4H3;/q2*-1;/i17D;;. The molecule has 0 saturated heterocycles. The van der Waals surface area contributed by atoms with Crippen molar-refractivity contribution in [2.75, 3.05) is 0 Å². The Kier molecular flexibility index (Phi) is 10.8. The second kappa shape index (κ2) is 15.1. The largest absolute Gasteiger partial charge is 0.416 e. The van der Waals surface area contributed by atoms with E-state index in [4.69, 9.17) is 1.37 Å². The minimum absolute atomic E-state index is 0. The second-order valence-corrected chi connectivity index (χ2v) is 19.3. The van der Waals surface area contributed by atoms with Gasteiger partial charge in [-0.2, -0.15) is 24.5 Å². The number of pyridine rings is 2. The van der Waals surface area contributed by atoms with E-state index in [1.807, 2.05) is 68.4 Å². The normalized spacial score (nSPS) is 13.2.